The van der Waals surface area contributed by atoms with E-state index in [4.69, 9.17) is 19.7 Å². The molecule has 5 heteroatoms. The van der Waals surface area contributed by atoms with Gasteiger partial charge in [0.05, 0.1) is 17.3 Å². The van der Waals surface area contributed by atoms with E-state index >= 15 is 0 Å². The highest BCUT2D eigenvalue weighted by atomic mass is 16.5. The van der Waals surface area contributed by atoms with E-state index in [0.29, 0.717) is 17.7 Å². The van der Waals surface area contributed by atoms with Crippen LogP contribution in [0.3, 0.4) is 0 Å². The Hall–Kier alpha value is -7.11. The Morgan fingerprint density at radius 2 is 1.31 bits per heavy atom. The van der Waals surface area contributed by atoms with Crippen molar-refractivity contribution in [2.45, 2.75) is 51.3 Å². The number of hydrogen-bond acceptors (Lipinski definition) is 5. The molecule has 0 radical (unpaired) electrons. The summed E-state index contributed by atoms with van der Waals surface area (Å²) in [4.78, 5) is 15.9. The molecule has 0 spiro atoms. The van der Waals surface area contributed by atoms with Crippen LogP contribution in [0.2, 0.25) is 0 Å². The molecule has 0 bridgehead atoms. The second-order valence-electron chi connectivity index (χ2n) is 17.5. The average Bonchev–Trinajstić information content (AvgIpc) is 3.64. The molecule has 6 aromatic carbocycles. The lowest BCUT2D eigenvalue weighted by atomic mass is 9.73. The van der Waals surface area contributed by atoms with E-state index in [0.717, 1.165) is 74.8 Å². The standard InChI is InChI=1S/C57H48N4O/c1-36-14-9-18-39(30-36)40-19-11-20-41(32-40)44-28-29-48-50(35-44)58-53(57(3)52(48)49-26-7-8-27-51(49)62-57)45-23-12-21-42(33-45)43-22-13-25-47(34-43)56-60-54(38-16-5-4-6-17-38)59-55(61-56)46-24-10-15-37(2)31-46/h4-14,16-29,31-37,52,55H,15,30H2,1-3H3,(H,59,60,61). The first kappa shape index (κ1) is 37.9. The van der Waals surface area contributed by atoms with E-state index < -0.39 is 5.60 Å². The first-order valence-electron chi connectivity index (χ1n) is 21.9. The van der Waals surface area contributed by atoms with Crippen LogP contribution in [-0.4, -0.2) is 29.1 Å². The first-order chi connectivity index (χ1) is 30.4. The normalized spacial score (nSPS) is 23.3. The van der Waals surface area contributed by atoms with Gasteiger partial charge >= 0.3 is 0 Å². The average molecular weight is 805 g/mol. The van der Waals surface area contributed by atoms with Crippen molar-refractivity contribution in [2.24, 2.45) is 26.8 Å². The van der Waals surface area contributed by atoms with Crippen LogP contribution in [0.25, 0.3) is 27.8 Å². The van der Waals surface area contributed by atoms with E-state index in [1.165, 1.54) is 27.8 Å². The summed E-state index contributed by atoms with van der Waals surface area (Å²) in [6, 6.07) is 51.9. The molecule has 1 N–H and O–H groups in total. The summed E-state index contributed by atoms with van der Waals surface area (Å²) in [5, 5.41) is 3.63. The maximum atomic E-state index is 7.00. The molecule has 11 rings (SSSR count). The number of para-hydroxylation sites is 1. The molecule has 3 aliphatic heterocycles. The molecule has 5 unspecified atom stereocenters. The molecule has 0 saturated carbocycles. The van der Waals surface area contributed by atoms with Crippen LogP contribution in [0.5, 0.6) is 5.75 Å². The van der Waals surface area contributed by atoms with Crippen molar-refractivity contribution in [1.29, 1.82) is 0 Å². The van der Waals surface area contributed by atoms with E-state index in [1.54, 1.807) is 0 Å². The van der Waals surface area contributed by atoms with Crippen LogP contribution in [0.4, 0.5) is 5.69 Å². The number of ether oxygens (including phenoxy) is 1. The van der Waals surface area contributed by atoms with Gasteiger partial charge in [-0.15, -0.1) is 0 Å². The summed E-state index contributed by atoms with van der Waals surface area (Å²) in [5.74, 6) is 3.42. The lowest BCUT2D eigenvalue weighted by Crippen LogP contribution is -2.46. The zero-order valence-corrected chi connectivity index (χ0v) is 35.3. The van der Waals surface area contributed by atoms with Crippen molar-refractivity contribution >= 4 is 28.6 Å². The molecule has 2 aliphatic carbocycles. The molecular weight excluding hydrogens is 757 g/mol. The summed E-state index contributed by atoms with van der Waals surface area (Å²) in [7, 11) is 0. The van der Waals surface area contributed by atoms with Gasteiger partial charge < -0.3 is 10.1 Å². The summed E-state index contributed by atoms with van der Waals surface area (Å²) in [5.41, 5.74) is 14.9. The molecule has 0 saturated heterocycles. The quantitative estimate of drug-likeness (QED) is 0.175. The van der Waals surface area contributed by atoms with Crippen LogP contribution < -0.4 is 10.1 Å². The van der Waals surface area contributed by atoms with Gasteiger partial charge in [-0.1, -0.05) is 166 Å². The molecule has 5 atom stereocenters. The van der Waals surface area contributed by atoms with Crippen molar-refractivity contribution < 1.29 is 4.74 Å². The molecule has 3 heterocycles. The molecular formula is C57H48N4O. The topological polar surface area (TPSA) is 58.3 Å². The third-order valence-electron chi connectivity index (χ3n) is 13.0. The zero-order valence-electron chi connectivity index (χ0n) is 35.3. The monoisotopic (exact) mass is 804 g/mol. The highest BCUT2D eigenvalue weighted by Gasteiger charge is 2.52. The fraction of sp³-hybridized carbons (Fsp3) is 0.175. The van der Waals surface area contributed by atoms with Gasteiger partial charge in [-0.3, -0.25) is 0 Å². The number of aliphatic imine (C=N–C) groups is 3. The van der Waals surface area contributed by atoms with E-state index in [2.05, 4.69) is 202 Å². The lowest BCUT2D eigenvalue weighted by Gasteiger charge is -2.37. The van der Waals surface area contributed by atoms with Crippen LogP contribution in [0.15, 0.2) is 203 Å². The highest BCUT2D eigenvalue weighted by Crippen LogP contribution is 2.55. The molecule has 6 aromatic rings. The molecule has 302 valence electrons. The fourth-order valence-electron chi connectivity index (χ4n) is 9.88. The number of allylic oxidation sites excluding steroid dienone is 6. The van der Waals surface area contributed by atoms with Gasteiger partial charge in [0.2, 0.25) is 0 Å². The summed E-state index contributed by atoms with van der Waals surface area (Å²) in [6.45, 7) is 6.74. The Bertz CT molecular complexity index is 2980. The minimum absolute atomic E-state index is 0.0195. The fourth-order valence-corrected chi connectivity index (χ4v) is 9.88. The number of amidine groups is 2. The van der Waals surface area contributed by atoms with Gasteiger partial charge in [-0.2, -0.15) is 0 Å². The van der Waals surface area contributed by atoms with Gasteiger partial charge in [-0.05, 0) is 106 Å². The summed E-state index contributed by atoms with van der Waals surface area (Å²) >= 11 is 0. The van der Waals surface area contributed by atoms with Crippen molar-refractivity contribution in [3.63, 3.8) is 0 Å². The second kappa shape index (κ2) is 15.4. The van der Waals surface area contributed by atoms with Crippen LogP contribution in [0.1, 0.15) is 72.9 Å². The Balaban J connectivity index is 0.982. The van der Waals surface area contributed by atoms with Crippen molar-refractivity contribution in [3.8, 4) is 28.0 Å². The van der Waals surface area contributed by atoms with Gasteiger partial charge in [-0.25, -0.2) is 15.0 Å². The number of nitrogens with one attached hydrogen (secondary N) is 1. The maximum Gasteiger partial charge on any atom is 0.160 e. The predicted octanol–water partition coefficient (Wildman–Crippen LogP) is 13.1. The van der Waals surface area contributed by atoms with Crippen molar-refractivity contribution in [3.05, 3.63) is 221 Å². The van der Waals surface area contributed by atoms with Gasteiger partial charge in [0.25, 0.3) is 0 Å². The second-order valence-corrected chi connectivity index (χ2v) is 17.5. The number of rotatable bonds is 7. The Morgan fingerprint density at radius 1 is 0.629 bits per heavy atom. The minimum atomic E-state index is -0.711. The van der Waals surface area contributed by atoms with Gasteiger partial charge in [0, 0.05) is 22.3 Å². The van der Waals surface area contributed by atoms with Crippen LogP contribution in [-0.2, 0) is 0 Å². The first-order valence-corrected chi connectivity index (χ1v) is 21.9. The number of fused-ring (bicyclic) bond motifs is 5. The Labute approximate surface area is 364 Å². The summed E-state index contributed by atoms with van der Waals surface area (Å²) < 4.78 is 7.00. The lowest BCUT2D eigenvalue weighted by molar-refractivity contribution is 0.174. The molecule has 0 amide bonds. The Morgan fingerprint density at radius 3 is 2.10 bits per heavy atom. The van der Waals surface area contributed by atoms with Gasteiger partial charge in [0.15, 0.2) is 11.4 Å². The predicted molar refractivity (Wildman–Crippen MR) is 256 cm³/mol. The molecule has 5 aliphatic rings. The van der Waals surface area contributed by atoms with Crippen molar-refractivity contribution in [1.82, 2.24) is 5.32 Å². The number of hydrogen-bond donors (Lipinski definition) is 1. The smallest absolute Gasteiger partial charge is 0.160 e. The van der Waals surface area contributed by atoms with Gasteiger partial charge in [0.1, 0.15) is 17.8 Å². The maximum absolute atomic E-state index is 7.00. The SMILES string of the molecule is CC1C=C(C2N=C(c3cccc(-c4cccc(C5=Nc6cc(-c7cccc(C8=CC=CC(C)C8)c7)ccc6C6c7ccccc7OC56C)c4)c3)N=C(c3ccccc3)N2)C=CC1. The third-order valence-corrected chi connectivity index (χ3v) is 13.0. The van der Waals surface area contributed by atoms with E-state index in [-0.39, 0.29) is 12.1 Å². The number of benzene rings is 6. The molecule has 5 nitrogen and oxygen atoms in total. The van der Waals surface area contributed by atoms with E-state index in [1.807, 2.05) is 6.07 Å². The largest absolute Gasteiger partial charge is 0.480 e. The van der Waals surface area contributed by atoms with Crippen LogP contribution in [0, 0.1) is 11.8 Å². The zero-order chi connectivity index (χ0) is 41.8. The van der Waals surface area contributed by atoms with Crippen LogP contribution >= 0.6 is 0 Å². The minimum Gasteiger partial charge on any atom is -0.480 e. The molecule has 0 fully saturated rings. The van der Waals surface area contributed by atoms with E-state index in [9.17, 15) is 0 Å². The Kier molecular flexibility index (Phi) is 9.41. The third kappa shape index (κ3) is 6.88. The van der Waals surface area contributed by atoms with Crippen molar-refractivity contribution in [2.75, 3.05) is 0 Å². The molecule has 62 heavy (non-hydrogen) atoms. The summed E-state index contributed by atoms with van der Waals surface area (Å²) in [6.07, 6.45) is 15.4. The molecule has 0 aromatic heterocycles. The highest BCUT2D eigenvalue weighted by molar-refractivity contribution is 6.14. The number of nitrogens with zero attached hydrogens (tertiary/aromatic N) is 3.